The van der Waals surface area contributed by atoms with Gasteiger partial charge in [0, 0.05) is 6.54 Å². The predicted octanol–water partition coefficient (Wildman–Crippen LogP) is 0.132. The molecule has 1 heterocycles. The van der Waals surface area contributed by atoms with Crippen LogP contribution in [-0.4, -0.2) is 42.2 Å². The van der Waals surface area contributed by atoms with E-state index in [0.717, 1.165) is 26.1 Å². The van der Waals surface area contributed by atoms with E-state index >= 15 is 0 Å². The zero-order chi connectivity index (χ0) is 10.2. The Morgan fingerprint density at radius 3 is 2.86 bits per heavy atom. The monoisotopic (exact) mass is 198 g/mol. The first-order chi connectivity index (χ1) is 6.63. The third kappa shape index (κ3) is 1.77. The van der Waals surface area contributed by atoms with Gasteiger partial charge in [0.2, 0.25) is 0 Å². The summed E-state index contributed by atoms with van der Waals surface area (Å²) in [5.74, 6) is -0.0171. The normalized spacial score (nSPS) is 37.4. The zero-order valence-corrected chi connectivity index (χ0v) is 8.41. The van der Waals surface area contributed by atoms with Crippen LogP contribution in [-0.2, 0) is 4.79 Å². The lowest BCUT2D eigenvalue weighted by atomic mass is 9.61. The Bertz CT molecular complexity index is 236. The molecular formula is C10H18N2O2. The molecule has 1 aliphatic heterocycles. The molecule has 3 N–H and O–H groups in total. The van der Waals surface area contributed by atoms with Crippen LogP contribution < -0.4 is 5.73 Å². The Hall–Kier alpha value is -0.610. The van der Waals surface area contributed by atoms with Gasteiger partial charge in [-0.25, -0.2) is 0 Å². The van der Waals surface area contributed by atoms with E-state index in [4.69, 9.17) is 10.8 Å². The van der Waals surface area contributed by atoms with Crippen molar-refractivity contribution in [3.63, 3.8) is 0 Å². The highest BCUT2D eigenvalue weighted by Crippen LogP contribution is 2.51. The number of nitrogens with two attached hydrogens (primary N) is 1. The summed E-state index contributed by atoms with van der Waals surface area (Å²) >= 11 is 0. The summed E-state index contributed by atoms with van der Waals surface area (Å²) in [6, 6.07) is 0. The number of hydrogen-bond acceptors (Lipinski definition) is 3. The molecule has 0 radical (unpaired) electrons. The highest BCUT2D eigenvalue weighted by molar-refractivity contribution is 5.69. The van der Waals surface area contributed by atoms with Crippen molar-refractivity contribution in [3.05, 3.63) is 0 Å². The smallest absolute Gasteiger partial charge is 0.317 e. The molecule has 0 amide bonds. The molecule has 2 aliphatic rings. The largest absolute Gasteiger partial charge is 0.480 e. The Morgan fingerprint density at radius 1 is 1.57 bits per heavy atom. The van der Waals surface area contributed by atoms with Gasteiger partial charge in [-0.3, -0.25) is 9.69 Å². The van der Waals surface area contributed by atoms with Crippen LogP contribution >= 0.6 is 0 Å². The molecule has 0 aromatic heterocycles. The summed E-state index contributed by atoms with van der Waals surface area (Å²) in [4.78, 5) is 12.6. The van der Waals surface area contributed by atoms with Crippen molar-refractivity contribution in [3.8, 4) is 0 Å². The van der Waals surface area contributed by atoms with Crippen LogP contribution in [0, 0.1) is 11.3 Å². The summed E-state index contributed by atoms with van der Waals surface area (Å²) in [6.07, 6.45) is 3.58. The van der Waals surface area contributed by atoms with E-state index in [1.54, 1.807) is 0 Å². The van der Waals surface area contributed by atoms with Crippen LogP contribution in [0.3, 0.4) is 0 Å². The molecule has 0 bridgehead atoms. The Morgan fingerprint density at radius 2 is 2.29 bits per heavy atom. The molecule has 0 aromatic rings. The van der Waals surface area contributed by atoms with Crippen LogP contribution in [0.25, 0.3) is 0 Å². The lowest BCUT2D eigenvalue weighted by molar-refractivity contribution is -0.138. The molecule has 1 saturated carbocycles. The number of rotatable bonds is 3. The number of hydrogen-bond donors (Lipinski definition) is 2. The van der Waals surface area contributed by atoms with Crippen LogP contribution in [0.1, 0.15) is 19.3 Å². The van der Waals surface area contributed by atoms with Gasteiger partial charge in [0.25, 0.3) is 0 Å². The van der Waals surface area contributed by atoms with Crippen molar-refractivity contribution in [2.24, 2.45) is 17.1 Å². The molecule has 0 aromatic carbocycles. The lowest BCUT2D eigenvalue weighted by Gasteiger charge is -2.45. The molecule has 1 saturated heterocycles. The van der Waals surface area contributed by atoms with Gasteiger partial charge in [-0.1, -0.05) is 0 Å². The molecular weight excluding hydrogens is 180 g/mol. The molecule has 2 rings (SSSR count). The van der Waals surface area contributed by atoms with Crippen molar-refractivity contribution < 1.29 is 9.90 Å². The van der Waals surface area contributed by atoms with Gasteiger partial charge in [-0.2, -0.15) is 0 Å². The second kappa shape index (κ2) is 3.51. The molecule has 1 aliphatic carbocycles. The van der Waals surface area contributed by atoms with E-state index in [1.165, 1.54) is 12.8 Å². The maximum absolute atomic E-state index is 10.5. The summed E-state index contributed by atoms with van der Waals surface area (Å²) in [5, 5.41) is 8.67. The van der Waals surface area contributed by atoms with E-state index in [2.05, 4.69) is 4.90 Å². The van der Waals surface area contributed by atoms with Crippen LogP contribution in [0.2, 0.25) is 0 Å². The lowest BCUT2D eigenvalue weighted by Crippen LogP contribution is -2.43. The number of nitrogens with zero attached hydrogens (tertiary/aromatic N) is 1. The molecule has 0 atom stereocenters. The molecule has 1 spiro atoms. The topological polar surface area (TPSA) is 66.6 Å². The average Bonchev–Trinajstić information content (AvgIpc) is 2.44. The molecule has 0 unspecified atom stereocenters. The van der Waals surface area contributed by atoms with Crippen molar-refractivity contribution in [1.82, 2.24) is 4.90 Å². The van der Waals surface area contributed by atoms with Gasteiger partial charge in [0.15, 0.2) is 0 Å². The maximum atomic E-state index is 10.5. The fraction of sp³-hybridized carbons (Fsp3) is 0.900. The second-order valence-corrected chi connectivity index (χ2v) is 4.86. The first kappa shape index (κ1) is 9.93. The molecule has 14 heavy (non-hydrogen) atoms. The Kier molecular flexibility index (Phi) is 2.49. The number of aliphatic carboxylic acids is 1. The quantitative estimate of drug-likeness (QED) is 0.676. The first-order valence-corrected chi connectivity index (χ1v) is 5.28. The highest BCUT2D eigenvalue weighted by atomic mass is 16.4. The van der Waals surface area contributed by atoms with Gasteiger partial charge in [-0.05, 0) is 43.7 Å². The van der Waals surface area contributed by atoms with Crippen LogP contribution in [0.4, 0.5) is 0 Å². The summed E-state index contributed by atoms with van der Waals surface area (Å²) < 4.78 is 0. The van der Waals surface area contributed by atoms with E-state index in [-0.39, 0.29) is 6.54 Å². The minimum absolute atomic E-state index is 0.203. The zero-order valence-electron chi connectivity index (χ0n) is 8.41. The molecule has 2 fully saturated rings. The Balaban J connectivity index is 1.81. The fourth-order valence-electron chi connectivity index (χ4n) is 3.02. The van der Waals surface area contributed by atoms with Crippen molar-refractivity contribution >= 4 is 5.97 Å². The predicted molar refractivity (Wildman–Crippen MR) is 52.9 cm³/mol. The van der Waals surface area contributed by atoms with Crippen LogP contribution in [0.5, 0.6) is 0 Å². The molecule has 80 valence electrons. The summed E-state index contributed by atoms with van der Waals surface area (Å²) in [6.45, 7) is 2.91. The third-order valence-electron chi connectivity index (χ3n) is 3.65. The van der Waals surface area contributed by atoms with Crippen molar-refractivity contribution in [2.75, 3.05) is 26.2 Å². The van der Waals surface area contributed by atoms with Crippen LogP contribution in [0.15, 0.2) is 0 Å². The minimum Gasteiger partial charge on any atom is -0.480 e. The van der Waals surface area contributed by atoms with Crippen molar-refractivity contribution in [1.29, 1.82) is 0 Å². The van der Waals surface area contributed by atoms with E-state index in [1.807, 2.05) is 0 Å². The average molecular weight is 198 g/mol. The molecule has 4 nitrogen and oxygen atoms in total. The van der Waals surface area contributed by atoms with E-state index < -0.39 is 5.97 Å². The number of carboxylic acids is 1. The maximum Gasteiger partial charge on any atom is 0.317 e. The first-order valence-electron chi connectivity index (χ1n) is 5.28. The van der Waals surface area contributed by atoms with Gasteiger partial charge in [0.1, 0.15) is 0 Å². The number of likely N-dealkylation sites (tertiary alicyclic amines) is 1. The van der Waals surface area contributed by atoms with Gasteiger partial charge in [0.05, 0.1) is 6.54 Å². The van der Waals surface area contributed by atoms with Gasteiger partial charge in [-0.15, -0.1) is 0 Å². The summed E-state index contributed by atoms with van der Waals surface area (Å²) in [7, 11) is 0. The Labute approximate surface area is 84.1 Å². The minimum atomic E-state index is -0.711. The number of carboxylic acid groups (broad SMARTS) is 1. The van der Waals surface area contributed by atoms with Gasteiger partial charge >= 0.3 is 5.97 Å². The third-order valence-corrected chi connectivity index (χ3v) is 3.65. The van der Waals surface area contributed by atoms with E-state index in [0.29, 0.717) is 11.3 Å². The second-order valence-electron chi connectivity index (χ2n) is 4.86. The fourth-order valence-corrected chi connectivity index (χ4v) is 3.02. The van der Waals surface area contributed by atoms with Crippen molar-refractivity contribution in [2.45, 2.75) is 19.3 Å². The van der Waals surface area contributed by atoms with Gasteiger partial charge < -0.3 is 10.8 Å². The molecule has 4 heteroatoms. The summed E-state index contributed by atoms with van der Waals surface area (Å²) in [5.41, 5.74) is 6.02. The SMILES string of the molecule is NCC1CC2(CCN(CC(=O)O)C2)C1. The number of carbonyl (C=O) groups is 1. The highest BCUT2D eigenvalue weighted by Gasteiger charge is 2.47. The van der Waals surface area contributed by atoms with E-state index in [9.17, 15) is 4.79 Å². The standard InChI is InChI=1S/C10H18N2O2/c11-5-8-3-10(4-8)1-2-12(7-10)6-9(13)14/h8H,1-7,11H2,(H,13,14).